The van der Waals surface area contributed by atoms with Crippen molar-refractivity contribution in [1.82, 2.24) is 10.2 Å². The molecule has 1 aliphatic heterocycles. The average molecular weight is 228 g/mol. The first-order chi connectivity index (χ1) is 7.80. The van der Waals surface area contributed by atoms with Crippen LogP contribution in [-0.2, 0) is 4.74 Å². The first-order valence-corrected chi connectivity index (χ1v) is 6.81. The van der Waals surface area contributed by atoms with Crippen LogP contribution in [0.4, 0.5) is 0 Å². The maximum Gasteiger partial charge on any atom is 0.0599 e. The minimum absolute atomic E-state index is 0.514. The third-order valence-electron chi connectivity index (χ3n) is 3.46. The van der Waals surface area contributed by atoms with Gasteiger partial charge in [0.25, 0.3) is 0 Å². The van der Waals surface area contributed by atoms with Crippen molar-refractivity contribution in [3.8, 4) is 0 Å². The summed E-state index contributed by atoms with van der Waals surface area (Å²) in [6.45, 7) is 8.80. The van der Waals surface area contributed by atoms with Gasteiger partial charge in [0.2, 0.25) is 0 Å². The average Bonchev–Trinajstić information content (AvgIpc) is 2.31. The summed E-state index contributed by atoms with van der Waals surface area (Å²) in [6, 6.07) is 0.661. The standard InChI is InChI=1S/C13H28N2O/c1-4-6-12(14-3)11-15-9-7-13(8-10-15)16-5-2/h12-14H,4-11H2,1-3H3. The number of likely N-dealkylation sites (N-methyl/N-ethyl adjacent to an activating group) is 1. The highest BCUT2D eigenvalue weighted by Crippen LogP contribution is 2.14. The highest BCUT2D eigenvalue weighted by molar-refractivity contribution is 4.76. The fourth-order valence-corrected chi connectivity index (χ4v) is 2.48. The minimum atomic E-state index is 0.514. The lowest BCUT2D eigenvalue weighted by Gasteiger charge is -2.34. The highest BCUT2D eigenvalue weighted by Gasteiger charge is 2.20. The largest absolute Gasteiger partial charge is 0.378 e. The van der Waals surface area contributed by atoms with Crippen LogP contribution in [0.25, 0.3) is 0 Å². The number of piperidine rings is 1. The molecule has 1 rings (SSSR count). The molecule has 0 saturated carbocycles. The molecule has 1 N–H and O–H groups in total. The Hall–Kier alpha value is -0.120. The summed E-state index contributed by atoms with van der Waals surface area (Å²) in [4.78, 5) is 2.58. The van der Waals surface area contributed by atoms with Crippen LogP contribution < -0.4 is 5.32 Å². The van der Waals surface area contributed by atoms with Gasteiger partial charge in [0.05, 0.1) is 6.10 Å². The van der Waals surface area contributed by atoms with E-state index in [2.05, 4.69) is 31.1 Å². The van der Waals surface area contributed by atoms with Crippen molar-refractivity contribution >= 4 is 0 Å². The Kier molecular flexibility index (Phi) is 7.01. The second kappa shape index (κ2) is 8.04. The Balaban J connectivity index is 2.20. The maximum atomic E-state index is 5.67. The second-order valence-electron chi connectivity index (χ2n) is 4.73. The fourth-order valence-electron chi connectivity index (χ4n) is 2.48. The van der Waals surface area contributed by atoms with Gasteiger partial charge in [-0.3, -0.25) is 0 Å². The van der Waals surface area contributed by atoms with E-state index in [0.29, 0.717) is 12.1 Å². The Morgan fingerprint density at radius 3 is 2.50 bits per heavy atom. The highest BCUT2D eigenvalue weighted by atomic mass is 16.5. The van der Waals surface area contributed by atoms with Gasteiger partial charge in [-0.25, -0.2) is 0 Å². The van der Waals surface area contributed by atoms with E-state index in [1.54, 1.807) is 0 Å². The molecule has 1 aliphatic rings. The van der Waals surface area contributed by atoms with E-state index in [1.165, 1.54) is 45.3 Å². The number of hydrogen-bond donors (Lipinski definition) is 1. The molecule has 0 aromatic rings. The lowest BCUT2D eigenvalue weighted by molar-refractivity contribution is 0.0123. The van der Waals surface area contributed by atoms with Crippen molar-refractivity contribution < 1.29 is 4.74 Å². The number of nitrogens with zero attached hydrogens (tertiary/aromatic N) is 1. The Labute approximate surface area is 101 Å². The van der Waals surface area contributed by atoms with Crippen LogP contribution in [0.15, 0.2) is 0 Å². The molecular formula is C13H28N2O. The molecule has 1 heterocycles. The first-order valence-electron chi connectivity index (χ1n) is 6.81. The van der Waals surface area contributed by atoms with E-state index in [-0.39, 0.29) is 0 Å². The van der Waals surface area contributed by atoms with Gasteiger partial charge in [-0.2, -0.15) is 0 Å². The van der Waals surface area contributed by atoms with Gasteiger partial charge in [-0.15, -0.1) is 0 Å². The normalized spacial score (nSPS) is 21.2. The molecule has 0 radical (unpaired) electrons. The SMILES string of the molecule is CCCC(CN1CCC(OCC)CC1)NC. The van der Waals surface area contributed by atoms with Crippen LogP contribution in [0.1, 0.15) is 39.5 Å². The van der Waals surface area contributed by atoms with Crippen molar-refractivity contribution in [2.24, 2.45) is 0 Å². The van der Waals surface area contributed by atoms with E-state index in [9.17, 15) is 0 Å². The summed E-state index contributed by atoms with van der Waals surface area (Å²) in [7, 11) is 2.08. The molecule has 1 atom stereocenters. The van der Waals surface area contributed by atoms with Crippen LogP contribution in [0.5, 0.6) is 0 Å². The second-order valence-corrected chi connectivity index (χ2v) is 4.73. The fraction of sp³-hybridized carbons (Fsp3) is 1.00. The van der Waals surface area contributed by atoms with E-state index >= 15 is 0 Å². The lowest BCUT2D eigenvalue weighted by atomic mass is 10.1. The first kappa shape index (κ1) is 13.9. The summed E-state index contributed by atoms with van der Waals surface area (Å²) in [5.41, 5.74) is 0. The zero-order valence-corrected chi connectivity index (χ0v) is 11.2. The van der Waals surface area contributed by atoms with Gasteiger partial charge in [-0.1, -0.05) is 13.3 Å². The molecule has 0 amide bonds. The van der Waals surface area contributed by atoms with Gasteiger partial charge in [-0.05, 0) is 33.2 Å². The van der Waals surface area contributed by atoms with E-state index in [0.717, 1.165) is 6.61 Å². The Morgan fingerprint density at radius 1 is 1.31 bits per heavy atom. The van der Waals surface area contributed by atoms with Crippen molar-refractivity contribution in [3.05, 3.63) is 0 Å². The molecule has 1 fully saturated rings. The number of hydrogen-bond acceptors (Lipinski definition) is 3. The van der Waals surface area contributed by atoms with Crippen LogP contribution >= 0.6 is 0 Å². The van der Waals surface area contributed by atoms with E-state index < -0.39 is 0 Å². The van der Waals surface area contributed by atoms with Crippen LogP contribution in [0, 0.1) is 0 Å². The molecule has 3 nitrogen and oxygen atoms in total. The van der Waals surface area contributed by atoms with Crippen molar-refractivity contribution in [1.29, 1.82) is 0 Å². The predicted octanol–water partition coefficient (Wildman–Crippen LogP) is 1.88. The number of rotatable bonds is 7. The Morgan fingerprint density at radius 2 is 2.00 bits per heavy atom. The third kappa shape index (κ3) is 4.81. The lowest BCUT2D eigenvalue weighted by Crippen LogP contribution is -2.44. The summed E-state index contributed by atoms with van der Waals surface area (Å²) in [5.74, 6) is 0. The number of likely N-dealkylation sites (tertiary alicyclic amines) is 1. The van der Waals surface area contributed by atoms with Crippen LogP contribution in [0.2, 0.25) is 0 Å². The van der Waals surface area contributed by atoms with Gasteiger partial charge >= 0.3 is 0 Å². The molecule has 0 aliphatic carbocycles. The van der Waals surface area contributed by atoms with Gasteiger partial charge in [0, 0.05) is 32.3 Å². The molecule has 3 heteroatoms. The zero-order chi connectivity index (χ0) is 11.8. The molecule has 1 unspecified atom stereocenters. The third-order valence-corrected chi connectivity index (χ3v) is 3.46. The minimum Gasteiger partial charge on any atom is -0.378 e. The summed E-state index contributed by atoms with van der Waals surface area (Å²) in [6.07, 6.45) is 5.47. The summed E-state index contributed by atoms with van der Waals surface area (Å²) >= 11 is 0. The topological polar surface area (TPSA) is 24.5 Å². The molecule has 1 saturated heterocycles. The van der Waals surface area contributed by atoms with Crippen molar-refractivity contribution in [2.45, 2.75) is 51.7 Å². The van der Waals surface area contributed by atoms with E-state index in [1.807, 2.05) is 0 Å². The molecular weight excluding hydrogens is 200 g/mol. The molecule has 16 heavy (non-hydrogen) atoms. The summed E-state index contributed by atoms with van der Waals surface area (Å²) in [5, 5.41) is 3.41. The van der Waals surface area contributed by atoms with Crippen molar-refractivity contribution in [2.75, 3.05) is 33.3 Å². The molecule has 0 aromatic carbocycles. The summed E-state index contributed by atoms with van der Waals surface area (Å²) < 4.78 is 5.67. The predicted molar refractivity (Wildman–Crippen MR) is 68.8 cm³/mol. The smallest absolute Gasteiger partial charge is 0.0599 e. The van der Waals surface area contributed by atoms with Crippen LogP contribution in [-0.4, -0.2) is 50.3 Å². The molecule has 0 bridgehead atoms. The monoisotopic (exact) mass is 228 g/mol. The molecule has 0 aromatic heterocycles. The number of nitrogens with one attached hydrogen (secondary N) is 1. The van der Waals surface area contributed by atoms with Crippen LogP contribution in [0.3, 0.4) is 0 Å². The van der Waals surface area contributed by atoms with Gasteiger partial charge in [0.15, 0.2) is 0 Å². The molecule has 0 spiro atoms. The quantitative estimate of drug-likeness (QED) is 0.720. The molecule has 96 valence electrons. The Bertz CT molecular complexity index is 167. The van der Waals surface area contributed by atoms with E-state index in [4.69, 9.17) is 4.74 Å². The zero-order valence-electron chi connectivity index (χ0n) is 11.2. The number of ether oxygens (including phenoxy) is 1. The maximum absolute atomic E-state index is 5.67. The van der Waals surface area contributed by atoms with Gasteiger partial charge < -0.3 is 15.0 Å². The van der Waals surface area contributed by atoms with Crippen molar-refractivity contribution in [3.63, 3.8) is 0 Å². The van der Waals surface area contributed by atoms with Gasteiger partial charge in [0.1, 0.15) is 0 Å².